The minimum atomic E-state index is 0.637. The van der Waals surface area contributed by atoms with Gasteiger partial charge in [-0.1, -0.05) is 11.6 Å². The number of pyridine rings is 1. The van der Waals surface area contributed by atoms with Crippen molar-refractivity contribution in [3.63, 3.8) is 0 Å². The van der Waals surface area contributed by atoms with Gasteiger partial charge in [-0.25, -0.2) is 4.98 Å². The molecule has 0 saturated heterocycles. The summed E-state index contributed by atoms with van der Waals surface area (Å²) in [6.45, 7) is 4.54. The van der Waals surface area contributed by atoms with Gasteiger partial charge in [-0.15, -0.1) is 0 Å². The molecule has 0 unspecified atom stereocenters. The number of rotatable bonds is 7. The second-order valence-electron chi connectivity index (χ2n) is 3.79. The van der Waals surface area contributed by atoms with Crippen LogP contribution in [0.4, 0.5) is 0 Å². The zero-order valence-corrected chi connectivity index (χ0v) is 10.7. The second kappa shape index (κ2) is 7.81. The van der Waals surface area contributed by atoms with Crippen molar-refractivity contribution in [1.82, 2.24) is 10.3 Å². The van der Waals surface area contributed by atoms with Crippen LogP contribution in [0.15, 0.2) is 23.9 Å². The molecule has 1 N–H and O–H groups in total. The van der Waals surface area contributed by atoms with E-state index in [1.165, 1.54) is 5.57 Å². The highest BCUT2D eigenvalue weighted by Gasteiger charge is 1.94. The van der Waals surface area contributed by atoms with E-state index in [9.17, 15) is 0 Å². The Morgan fingerprint density at radius 3 is 2.82 bits per heavy atom. The van der Waals surface area contributed by atoms with Crippen molar-refractivity contribution >= 4 is 6.08 Å². The molecule has 0 bridgehead atoms. The Kier molecular flexibility index (Phi) is 6.29. The number of aromatic nitrogens is 1. The third-order valence-corrected chi connectivity index (χ3v) is 2.27. The van der Waals surface area contributed by atoms with Gasteiger partial charge in [0, 0.05) is 32.5 Å². The first-order valence-electron chi connectivity index (χ1n) is 5.63. The number of hydrogen-bond donors (Lipinski definition) is 1. The smallest absolute Gasteiger partial charge is 0.212 e. The van der Waals surface area contributed by atoms with Crippen LogP contribution in [0.2, 0.25) is 0 Å². The molecule has 1 rings (SSSR count). The van der Waals surface area contributed by atoms with E-state index in [1.807, 2.05) is 12.1 Å². The SMILES string of the molecule is COCCNC/C(C)=C/c1ccc(OC)nc1. The maximum absolute atomic E-state index is 5.01. The molecule has 0 spiro atoms. The average molecular weight is 236 g/mol. The van der Waals surface area contributed by atoms with Gasteiger partial charge in [-0.05, 0) is 18.6 Å². The summed E-state index contributed by atoms with van der Waals surface area (Å²) in [4.78, 5) is 4.15. The summed E-state index contributed by atoms with van der Waals surface area (Å²) < 4.78 is 9.97. The summed E-state index contributed by atoms with van der Waals surface area (Å²) >= 11 is 0. The van der Waals surface area contributed by atoms with Crippen LogP contribution < -0.4 is 10.1 Å². The van der Waals surface area contributed by atoms with Gasteiger partial charge in [0.15, 0.2) is 0 Å². The van der Waals surface area contributed by atoms with Crippen molar-refractivity contribution in [2.75, 3.05) is 33.9 Å². The molecule has 94 valence electrons. The average Bonchev–Trinajstić information content (AvgIpc) is 2.36. The van der Waals surface area contributed by atoms with Crippen LogP contribution in [-0.2, 0) is 4.74 Å². The molecule has 0 saturated carbocycles. The normalized spacial score (nSPS) is 11.6. The molecule has 17 heavy (non-hydrogen) atoms. The van der Waals surface area contributed by atoms with Gasteiger partial charge < -0.3 is 14.8 Å². The summed E-state index contributed by atoms with van der Waals surface area (Å²) in [5.41, 5.74) is 2.34. The second-order valence-corrected chi connectivity index (χ2v) is 3.79. The Balaban J connectivity index is 2.43. The molecule has 0 aliphatic rings. The third-order valence-electron chi connectivity index (χ3n) is 2.27. The van der Waals surface area contributed by atoms with Crippen LogP contribution in [0.1, 0.15) is 12.5 Å². The highest BCUT2D eigenvalue weighted by molar-refractivity contribution is 5.51. The third kappa shape index (κ3) is 5.47. The number of nitrogens with one attached hydrogen (secondary N) is 1. The maximum Gasteiger partial charge on any atom is 0.212 e. The van der Waals surface area contributed by atoms with Gasteiger partial charge >= 0.3 is 0 Å². The lowest BCUT2D eigenvalue weighted by molar-refractivity contribution is 0.200. The summed E-state index contributed by atoms with van der Waals surface area (Å²) in [5.74, 6) is 0.637. The van der Waals surface area contributed by atoms with E-state index in [1.54, 1.807) is 20.4 Å². The molecular formula is C13H20N2O2. The van der Waals surface area contributed by atoms with Gasteiger partial charge in [-0.2, -0.15) is 0 Å². The fourth-order valence-electron chi connectivity index (χ4n) is 1.39. The van der Waals surface area contributed by atoms with Crippen molar-refractivity contribution in [3.8, 4) is 5.88 Å². The van der Waals surface area contributed by atoms with Gasteiger partial charge in [-0.3, -0.25) is 0 Å². The van der Waals surface area contributed by atoms with Crippen molar-refractivity contribution in [2.24, 2.45) is 0 Å². The Morgan fingerprint density at radius 1 is 1.41 bits per heavy atom. The predicted octanol–water partition coefficient (Wildman–Crippen LogP) is 1.73. The first-order chi connectivity index (χ1) is 8.26. The van der Waals surface area contributed by atoms with Crippen LogP contribution in [0.5, 0.6) is 5.88 Å². The first-order valence-corrected chi connectivity index (χ1v) is 5.63. The topological polar surface area (TPSA) is 43.4 Å². The highest BCUT2D eigenvalue weighted by Crippen LogP contribution is 2.09. The van der Waals surface area contributed by atoms with E-state index >= 15 is 0 Å². The van der Waals surface area contributed by atoms with Crippen molar-refractivity contribution in [3.05, 3.63) is 29.5 Å². The van der Waals surface area contributed by atoms with Crippen LogP contribution in [-0.4, -0.2) is 38.9 Å². The molecule has 0 amide bonds. The molecule has 4 heteroatoms. The van der Waals surface area contributed by atoms with Crippen molar-refractivity contribution in [1.29, 1.82) is 0 Å². The van der Waals surface area contributed by atoms with Gasteiger partial charge in [0.2, 0.25) is 5.88 Å². The zero-order valence-electron chi connectivity index (χ0n) is 10.7. The summed E-state index contributed by atoms with van der Waals surface area (Å²) in [5, 5.41) is 3.29. The largest absolute Gasteiger partial charge is 0.481 e. The fraction of sp³-hybridized carbons (Fsp3) is 0.462. The summed E-state index contributed by atoms with van der Waals surface area (Å²) in [7, 11) is 3.32. The molecule has 0 aliphatic heterocycles. The van der Waals surface area contributed by atoms with E-state index in [4.69, 9.17) is 9.47 Å². The Bertz CT molecular complexity index is 347. The minimum Gasteiger partial charge on any atom is -0.481 e. The molecule has 0 fully saturated rings. The number of hydrogen-bond acceptors (Lipinski definition) is 4. The minimum absolute atomic E-state index is 0.637. The molecule has 0 aliphatic carbocycles. The molecule has 0 aromatic carbocycles. The van der Waals surface area contributed by atoms with E-state index in [0.717, 1.165) is 25.3 Å². The zero-order chi connectivity index (χ0) is 12.5. The number of methoxy groups -OCH3 is 2. The summed E-state index contributed by atoms with van der Waals surface area (Å²) in [6.07, 6.45) is 3.91. The molecule has 0 radical (unpaired) electrons. The van der Waals surface area contributed by atoms with E-state index in [-0.39, 0.29) is 0 Å². The molecule has 1 heterocycles. The Labute approximate surface area is 103 Å². The summed E-state index contributed by atoms with van der Waals surface area (Å²) in [6, 6.07) is 3.85. The van der Waals surface area contributed by atoms with Gasteiger partial charge in [0.05, 0.1) is 13.7 Å². The molecule has 0 atom stereocenters. The monoisotopic (exact) mass is 236 g/mol. The predicted molar refractivity (Wildman–Crippen MR) is 69.2 cm³/mol. The van der Waals surface area contributed by atoms with Crippen molar-refractivity contribution < 1.29 is 9.47 Å². The van der Waals surface area contributed by atoms with Crippen LogP contribution in [0, 0.1) is 0 Å². The lowest BCUT2D eigenvalue weighted by Gasteiger charge is -2.04. The molecule has 1 aromatic rings. The van der Waals surface area contributed by atoms with E-state index < -0.39 is 0 Å². The number of nitrogens with zero attached hydrogens (tertiary/aromatic N) is 1. The van der Waals surface area contributed by atoms with Crippen LogP contribution in [0.25, 0.3) is 6.08 Å². The van der Waals surface area contributed by atoms with Crippen LogP contribution in [0.3, 0.4) is 0 Å². The van der Waals surface area contributed by atoms with Gasteiger partial charge in [0.1, 0.15) is 0 Å². The van der Waals surface area contributed by atoms with E-state index in [0.29, 0.717) is 5.88 Å². The lowest BCUT2D eigenvalue weighted by Crippen LogP contribution is -2.20. The first kappa shape index (κ1) is 13.7. The lowest BCUT2D eigenvalue weighted by atomic mass is 10.2. The van der Waals surface area contributed by atoms with Crippen LogP contribution >= 0.6 is 0 Å². The van der Waals surface area contributed by atoms with Crippen molar-refractivity contribution in [2.45, 2.75) is 6.92 Å². The standard InChI is InChI=1S/C13H20N2O2/c1-11(9-14-6-7-16-2)8-12-4-5-13(17-3)15-10-12/h4-5,8,10,14H,6-7,9H2,1-3H3/b11-8+. The number of ether oxygens (including phenoxy) is 2. The molecule has 4 nitrogen and oxygen atoms in total. The Hall–Kier alpha value is -1.39. The molecular weight excluding hydrogens is 216 g/mol. The Morgan fingerprint density at radius 2 is 2.24 bits per heavy atom. The highest BCUT2D eigenvalue weighted by atomic mass is 16.5. The quantitative estimate of drug-likeness (QED) is 0.732. The fourth-order valence-corrected chi connectivity index (χ4v) is 1.39. The van der Waals surface area contributed by atoms with E-state index in [2.05, 4.69) is 23.3 Å². The molecule has 1 aromatic heterocycles. The van der Waals surface area contributed by atoms with Gasteiger partial charge in [0.25, 0.3) is 0 Å². The maximum atomic E-state index is 5.01.